The van der Waals surface area contributed by atoms with Gasteiger partial charge in [0, 0.05) is 4.57 Å². The third-order valence-electron chi connectivity index (χ3n) is 1.03. The summed E-state index contributed by atoms with van der Waals surface area (Å²) in [4.78, 5) is 0. The van der Waals surface area contributed by atoms with Crippen LogP contribution in [0.5, 0.6) is 0 Å². The van der Waals surface area contributed by atoms with E-state index in [2.05, 4.69) is 0 Å². The average Bonchev–Trinajstić information content (AvgIpc) is 1.96. The van der Waals surface area contributed by atoms with E-state index in [-0.39, 0.29) is 0 Å². The third kappa shape index (κ3) is 8.12. The molecule has 0 aromatic carbocycles. The van der Waals surface area contributed by atoms with Gasteiger partial charge in [-0.05, 0) is 11.8 Å². The quantitative estimate of drug-likeness (QED) is 0.608. The Morgan fingerprint density at radius 2 is 1.33 bits per heavy atom. The van der Waals surface area contributed by atoms with Crippen molar-refractivity contribution < 1.29 is 13.6 Å². The average molecular weight is 193 g/mol. The lowest BCUT2D eigenvalue weighted by Gasteiger charge is -1.97. The standard InChI is InChI=1S/C8H18O3P/c1-7(2)5-10-12(9)11-6-8(3)4/h7-8H,5-6H2,1-4H3/q+1. The zero-order valence-corrected chi connectivity index (χ0v) is 9.14. The van der Waals surface area contributed by atoms with Gasteiger partial charge in [-0.15, -0.1) is 9.05 Å². The van der Waals surface area contributed by atoms with Crippen molar-refractivity contribution in [3.8, 4) is 0 Å². The zero-order valence-electron chi connectivity index (χ0n) is 8.24. The molecule has 0 amide bonds. The summed E-state index contributed by atoms with van der Waals surface area (Å²) in [6.45, 7) is 9.01. The summed E-state index contributed by atoms with van der Waals surface area (Å²) in [5.74, 6) is 0.790. The molecule has 12 heavy (non-hydrogen) atoms. The Balaban J connectivity index is 3.34. The molecule has 0 radical (unpaired) electrons. The molecule has 0 saturated heterocycles. The summed E-state index contributed by atoms with van der Waals surface area (Å²) in [7, 11) is -1.90. The molecule has 0 aliphatic carbocycles. The SMILES string of the molecule is CC(C)CO[P+](=O)OCC(C)C. The minimum Gasteiger partial charge on any atom is -0.119 e. The minimum atomic E-state index is -1.90. The van der Waals surface area contributed by atoms with Crippen LogP contribution in [0.4, 0.5) is 0 Å². The van der Waals surface area contributed by atoms with E-state index >= 15 is 0 Å². The van der Waals surface area contributed by atoms with E-state index in [1.165, 1.54) is 0 Å². The Morgan fingerprint density at radius 1 is 1.00 bits per heavy atom. The van der Waals surface area contributed by atoms with Gasteiger partial charge in [0.25, 0.3) is 0 Å². The van der Waals surface area contributed by atoms with Crippen LogP contribution >= 0.6 is 8.25 Å². The Bertz CT molecular complexity index is 120. The molecule has 0 heterocycles. The largest absolute Gasteiger partial charge is 0.697 e. The monoisotopic (exact) mass is 193 g/mol. The van der Waals surface area contributed by atoms with Crippen LogP contribution in [-0.4, -0.2) is 13.2 Å². The van der Waals surface area contributed by atoms with E-state index in [9.17, 15) is 4.57 Å². The molecular formula is C8H18O3P+. The van der Waals surface area contributed by atoms with Gasteiger partial charge in [0.15, 0.2) is 0 Å². The molecule has 0 spiro atoms. The molecule has 0 unspecified atom stereocenters. The van der Waals surface area contributed by atoms with Crippen molar-refractivity contribution >= 4 is 8.25 Å². The van der Waals surface area contributed by atoms with Gasteiger partial charge in [-0.2, -0.15) is 0 Å². The molecule has 0 aromatic heterocycles. The van der Waals surface area contributed by atoms with E-state index in [4.69, 9.17) is 9.05 Å². The maximum Gasteiger partial charge on any atom is 0.697 e. The normalized spacial score (nSPS) is 11.2. The predicted molar refractivity (Wildman–Crippen MR) is 49.2 cm³/mol. The molecule has 0 fully saturated rings. The fourth-order valence-electron chi connectivity index (χ4n) is 0.457. The van der Waals surface area contributed by atoms with Gasteiger partial charge in [-0.1, -0.05) is 27.7 Å². The lowest BCUT2D eigenvalue weighted by atomic mass is 10.2. The minimum absolute atomic E-state index is 0.395. The summed E-state index contributed by atoms with van der Waals surface area (Å²) in [5.41, 5.74) is 0. The van der Waals surface area contributed by atoms with Gasteiger partial charge in [-0.3, -0.25) is 0 Å². The van der Waals surface area contributed by atoms with Crippen molar-refractivity contribution in [1.29, 1.82) is 0 Å². The Hall–Kier alpha value is 0.0200. The summed E-state index contributed by atoms with van der Waals surface area (Å²) < 4.78 is 20.8. The van der Waals surface area contributed by atoms with Crippen molar-refractivity contribution in [1.82, 2.24) is 0 Å². The van der Waals surface area contributed by atoms with Crippen molar-refractivity contribution in [3.63, 3.8) is 0 Å². The Kier molecular flexibility index (Phi) is 6.54. The van der Waals surface area contributed by atoms with Crippen LogP contribution < -0.4 is 0 Å². The van der Waals surface area contributed by atoms with E-state index in [1.807, 2.05) is 27.7 Å². The van der Waals surface area contributed by atoms with Gasteiger partial charge in [-0.25, -0.2) is 0 Å². The van der Waals surface area contributed by atoms with Crippen LogP contribution in [-0.2, 0) is 13.6 Å². The van der Waals surface area contributed by atoms with Crippen molar-refractivity contribution in [2.75, 3.05) is 13.2 Å². The second-order valence-corrected chi connectivity index (χ2v) is 4.57. The first-order valence-electron chi connectivity index (χ1n) is 4.25. The highest BCUT2D eigenvalue weighted by molar-refractivity contribution is 7.33. The van der Waals surface area contributed by atoms with Crippen molar-refractivity contribution in [2.24, 2.45) is 11.8 Å². The fraction of sp³-hybridized carbons (Fsp3) is 1.00. The molecule has 0 bridgehead atoms. The molecule has 0 aliphatic heterocycles. The molecule has 3 nitrogen and oxygen atoms in total. The summed E-state index contributed by atoms with van der Waals surface area (Å²) in [5, 5.41) is 0. The Morgan fingerprint density at radius 3 is 1.58 bits per heavy atom. The van der Waals surface area contributed by atoms with E-state index in [1.54, 1.807) is 0 Å². The number of hydrogen-bond acceptors (Lipinski definition) is 3. The van der Waals surface area contributed by atoms with E-state index < -0.39 is 8.25 Å². The van der Waals surface area contributed by atoms with Crippen LogP contribution in [0.3, 0.4) is 0 Å². The summed E-state index contributed by atoms with van der Waals surface area (Å²) >= 11 is 0. The van der Waals surface area contributed by atoms with E-state index in [0.29, 0.717) is 25.0 Å². The first-order chi connectivity index (χ1) is 5.52. The highest BCUT2D eigenvalue weighted by atomic mass is 31.1. The summed E-state index contributed by atoms with van der Waals surface area (Å²) in [6.07, 6.45) is 0. The zero-order chi connectivity index (χ0) is 9.56. The highest BCUT2D eigenvalue weighted by Crippen LogP contribution is 2.25. The lowest BCUT2D eigenvalue weighted by molar-refractivity contribution is 0.192. The molecule has 0 aliphatic rings. The van der Waals surface area contributed by atoms with Crippen LogP contribution in [0, 0.1) is 11.8 Å². The highest BCUT2D eigenvalue weighted by Gasteiger charge is 2.20. The lowest BCUT2D eigenvalue weighted by Crippen LogP contribution is -2.00. The molecule has 4 heteroatoms. The number of rotatable bonds is 6. The molecule has 0 saturated carbocycles. The first kappa shape index (κ1) is 12.0. The van der Waals surface area contributed by atoms with Crippen molar-refractivity contribution in [3.05, 3.63) is 0 Å². The molecule has 0 N–H and O–H groups in total. The maximum atomic E-state index is 11.0. The van der Waals surface area contributed by atoms with Crippen molar-refractivity contribution in [2.45, 2.75) is 27.7 Å². The maximum absolute atomic E-state index is 11.0. The smallest absolute Gasteiger partial charge is 0.119 e. The molecule has 72 valence electrons. The molecule has 0 rings (SSSR count). The fourth-order valence-corrected chi connectivity index (χ4v) is 1.37. The van der Waals surface area contributed by atoms with Gasteiger partial charge < -0.3 is 0 Å². The van der Waals surface area contributed by atoms with Gasteiger partial charge in [0.1, 0.15) is 13.2 Å². The second-order valence-electron chi connectivity index (χ2n) is 3.60. The van der Waals surface area contributed by atoms with Crippen LogP contribution in [0.15, 0.2) is 0 Å². The van der Waals surface area contributed by atoms with Gasteiger partial charge in [0.05, 0.1) is 0 Å². The summed E-state index contributed by atoms with van der Waals surface area (Å²) in [6, 6.07) is 0. The first-order valence-corrected chi connectivity index (χ1v) is 5.35. The van der Waals surface area contributed by atoms with Crippen LogP contribution in [0.1, 0.15) is 27.7 Å². The van der Waals surface area contributed by atoms with Crippen LogP contribution in [0.2, 0.25) is 0 Å². The second kappa shape index (κ2) is 6.53. The molecule has 0 aromatic rings. The van der Waals surface area contributed by atoms with Crippen LogP contribution in [0.25, 0.3) is 0 Å². The molecule has 0 atom stereocenters. The Labute approximate surface area is 75.4 Å². The van der Waals surface area contributed by atoms with E-state index in [0.717, 1.165) is 0 Å². The number of hydrogen-bond donors (Lipinski definition) is 0. The third-order valence-corrected chi connectivity index (χ3v) is 1.75. The van der Waals surface area contributed by atoms with Gasteiger partial charge in [0.2, 0.25) is 0 Å². The van der Waals surface area contributed by atoms with Gasteiger partial charge >= 0.3 is 8.25 Å². The molecular weight excluding hydrogens is 175 g/mol. The predicted octanol–water partition coefficient (Wildman–Crippen LogP) is 2.99. The topological polar surface area (TPSA) is 35.5 Å².